The molecule has 0 unspecified atom stereocenters. The number of aromatic nitrogens is 3. The van der Waals surface area contributed by atoms with Crippen molar-refractivity contribution in [1.29, 1.82) is 0 Å². The molecule has 0 N–H and O–H groups in total. The van der Waals surface area contributed by atoms with E-state index in [9.17, 15) is 0 Å². The molecule has 0 bridgehead atoms. The Kier molecular flexibility index (Phi) is 8.63. The minimum absolute atomic E-state index is 0.375. The molecule has 34 heavy (non-hydrogen) atoms. The van der Waals surface area contributed by atoms with Crippen LogP contribution in [0.4, 0.5) is 0 Å². The maximum Gasteiger partial charge on any atom is 0.212 e. The Balaban J connectivity index is 1.53. The average molecular weight is 511 g/mol. The van der Waals surface area contributed by atoms with Crippen LogP contribution in [-0.4, -0.2) is 21.1 Å². The maximum absolute atomic E-state index is 6.27. The first-order chi connectivity index (χ1) is 16.6. The van der Waals surface area contributed by atoms with Gasteiger partial charge in [-0.15, -0.1) is 10.2 Å². The largest absolute Gasteiger partial charge is 0.488 e. The fourth-order valence-electron chi connectivity index (χ4n) is 3.22. The number of rotatable bonds is 10. The first-order valence-corrected chi connectivity index (χ1v) is 12.7. The van der Waals surface area contributed by atoms with E-state index in [-0.39, 0.29) is 0 Å². The van der Waals surface area contributed by atoms with Crippen molar-refractivity contribution >= 4 is 41.2 Å². The first kappa shape index (κ1) is 24.3. The molecule has 174 valence electrons. The summed E-state index contributed by atoms with van der Waals surface area (Å²) in [5.41, 5.74) is 2.95. The summed E-state index contributed by atoms with van der Waals surface area (Å²) in [6.45, 7) is 2.49. The monoisotopic (exact) mass is 510 g/mol. The third kappa shape index (κ3) is 6.41. The number of halogens is 2. The first-order valence-electron chi connectivity index (χ1n) is 10.9. The van der Waals surface area contributed by atoms with Crippen molar-refractivity contribution in [3.8, 4) is 5.75 Å². The lowest BCUT2D eigenvalue weighted by Gasteiger charge is -2.10. The highest BCUT2D eigenvalue weighted by Gasteiger charge is 2.12. The zero-order valence-corrected chi connectivity index (χ0v) is 21.0. The molecule has 3 aromatic carbocycles. The molecule has 0 aliphatic carbocycles. The number of nitrogens with zero attached hydrogens (tertiary/aromatic N) is 4. The highest BCUT2D eigenvalue weighted by molar-refractivity contribution is 7.98. The van der Waals surface area contributed by atoms with E-state index in [1.165, 1.54) is 0 Å². The number of benzene rings is 3. The van der Waals surface area contributed by atoms with Crippen molar-refractivity contribution in [2.24, 2.45) is 5.10 Å². The molecule has 0 radical (unpaired) electrons. The minimum Gasteiger partial charge on any atom is -0.488 e. The second kappa shape index (κ2) is 12.1. The predicted molar refractivity (Wildman–Crippen MR) is 140 cm³/mol. The van der Waals surface area contributed by atoms with E-state index >= 15 is 0 Å². The molecule has 5 nitrogen and oxygen atoms in total. The lowest BCUT2D eigenvalue weighted by Crippen LogP contribution is -2.02. The van der Waals surface area contributed by atoms with E-state index in [4.69, 9.17) is 33.0 Å². The molecule has 4 aromatic rings. The van der Waals surface area contributed by atoms with E-state index in [1.54, 1.807) is 18.0 Å². The third-order valence-corrected chi connectivity index (χ3v) is 6.61. The summed E-state index contributed by atoms with van der Waals surface area (Å²) in [5.74, 6) is 2.30. The van der Waals surface area contributed by atoms with E-state index in [2.05, 4.69) is 17.1 Å². The molecule has 1 aromatic heterocycles. The van der Waals surface area contributed by atoms with Crippen LogP contribution in [-0.2, 0) is 18.8 Å². The molecule has 0 fully saturated rings. The molecular formula is C26H24Cl2N4OS. The lowest BCUT2D eigenvalue weighted by atomic mass is 10.2. The van der Waals surface area contributed by atoms with Gasteiger partial charge in [0.05, 0.1) is 6.21 Å². The van der Waals surface area contributed by atoms with Crippen molar-refractivity contribution in [2.45, 2.75) is 37.3 Å². The second-order valence-electron chi connectivity index (χ2n) is 7.54. The summed E-state index contributed by atoms with van der Waals surface area (Å²) < 4.78 is 7.88. The quantitative estimate of drug-likeness (QED) is 0.166. The standard InChI is InChI=1S/C26H24Cl2N4OS/c1-2-7-25-30-31-26(34-18-19-12-14-22(27)15-13-19)32(25)29-16-20-8-4-6-11-24(20)33-17-21-9-3-5-10-23(21)28/h3-6,8-16H,2,7,17-18H2,1H3/b29-16+. The van der Waals surface area contributed by atoms with Crippen LogP contribution >= 0.6 is 35.0 Å². The van der Waals surface area contributed by atoms with Crippen LogP contribution in [0.5, 0.6) is 5.75 Å². The van der Waals surface area contributed by atoms with Crippen LogP contribution < -0.4 is 4.74 Å². The molecule has 1 heterocycles. The number of para-hydroxylation sites is 1. The normalized spacial score (nSPS) is 11.3. The van der Waals surface area contributed by atoms with Gasteiger partial charge in [-0.25, -0.2) is 0 Å². The number of hydrogen-bond donors (Lipinski definition) is 0. The van der Waals surface area contributed by atoms with Gasteiger partial charge in [-0.1, -0.05) is 84.4 Å². The van der Waals surface area contributed by atoms with E-state index in [0.717, 1.165) is 57.0 Å². The van der Waals surface area contributed by atoms with Gasteiger partial charge in [0.1, 0.15) is 12.4 Å². The van der Waals surface area contributed by atoms with Gasteiger partial charge in [-0.2, -0.15) is 9.78 Å². The Morgan fingerprint density at radius 1 is 0.971 bits per heavy atom. The molecule has 0 spiro atoms. The highest BCUT2D eigenvalue weighted by Crippen LogP contribution is 2.24. The summed E-state index contributed by atoms with van der Waals surface area (Å²) >= 11 is 13.9. The van der Waals surface area contributed by atoms with Crippen molar-refractivity contribution in [3.63, 3.8) is 0 Å². The molecule has 4 rings (SSSR count). The summed E-state index contributed by atoms with van der Waals surface area (Å²) in [4.78, 5) is 0. The van der Waals surface area contributed by atoms with Crippen LogP contribution in [0.25, 0.3) is 0 Å². The van der Waals surface area contributed by atoms with E-state index in [1.807, 2.05) is 77.5 Å². The summed E-state index contributed by atoms with van der Waals surface area (Å²) in [7, 11) is 0. The summed E-state index contributed by atoms with van der Waals surface area (Å²) in [6.07, 6.45) is 3.53. The zero-order chi connectivity index (χ0) is 23.8. The van der Waals surface area contributed by atoms with Gasteiger partial charge < -0.3 is 4.74 Å². The number of aryl methyl sites for hydroxylation is 1. The molecule has 0 aliphatic rings. The van der Waals surface area contributed by atoms with Gasteiger partial charge in [-0.3, -0.25) is 0 Å². The van der Waals surface area contributed by atoms with Crippen LogP contribution in [0.3, 0.4) is 0 Å². The summed E-state index contributed by atoms with van der Waals surface area (Å²) in [6, 6.07) is 23.3. The molecule has 0 atom stereocenters. The van der Waals surface area contributed by atoms with Crippen molar-refractivity contribution in [1.82, 2.24) is 14.9 Å². The highest BCUT2D eigenvalue weighted by atomic mass is 35.5. The Hall–Kier alpha value is -2.80. The topological polar surface area (TPSA) is 52.3 Å². The Morgan fingerprint density at radius 3 is 2.53 bits per heavy atom. The van der Waals surface area contributed by atoms with Gasteiger partial charge in [-0.05, 0) is 42.3 Å². The van der Waals surface area contributed by atoms with E-state index < -0.39 is 0 Å². The van der Waals surface area contributed by atoms with Gasteiger partial charge in [0.25, 0.3) is 0 Å². The molecule has 0 saturated carbocycles. The van der Waals surface area contributed by atoms with Crippen LogP contribution in [0.15, 0.2) is 83.1 Å². The fraction of sp³-hybridized carbons (Fsp3) is 0.192. The summed E-state index contributed by atoms with van der Waals surface area (Å²) in [5, 5.41) is 15.6. The minimum atomic E-state index is 0.375. The Morgan fingerprint density at radius 2 is 1.74 bits per heavy atom. The average Bonchev–Trinajstić information content (AvgIpc) is 3.24. The van der Waals surface area contributed by atoms with Crippen LogP contribution in [0, 0.1) is 0 Å². The predicted octanol–water partition coefficient (Wildman–Crippen LogP) is 7.29. The molecule has 0 saturated heterocycles. The maximum atomic E-state index is 6.27. The number of ether oxygens (including phenoxy) is 1. The van der Waals surface area contributed by atoms with Gasteiger partial charge in [0.15, 0.2) is 5.82 Å². The number of hydrogen-bond acceptors (Lipinski definition) is 5. The molecule has 8 heteroatoms. The van der Waals surface area contributed by atoms with Gasteiger partial charge in [0, 0.05) is 33.3 Å². The second-order valence-corrected chi connectivity index (χ2v) is 9.32. The van der Waals surface area contributed by atoms with Crippen molar-refractivity contribution < 1.29 is 4.74 Å². The third-order valence-electron chi connectivity index (χ3n) is 5.00. The van der Waals surface area contributed by atoms with Gasteiger partial charge in [0.2, 0.25) is 5.16 Å². The Labute approximate surface area is 213 Å². The van der Waals surface area contributed by atoms with E-state index in [0.29, 0.717) is 11.6 Å². The zero-order valence-electron chi connectivity index (χ0n) is 18.7. The van der Waals surface area contributed by atoms with Gasteiger partial charge >= 0.3 is 0 Å². The smallest absolute Gasteiger partial charge is 0.212 e. The molecule has 0 aliphatic heterocycles. The van der Waals surface area contributed by atoms with Crippen LogP contribution in [0.2, 0.25) is 10.0 Å². The fourth-order valence-corrected chi connectivity index (χ4v) is 4.40. The van der Waals surface area contributed by atoms with Crippen LogP contribution in [0.1, 0.15) is 35.9 Å². The van der Waals surface area contributed by atoms with Crippen molar-refractivity contribution in [2.75, 3.05) is 0 Å². The number of thioether (sulfide) groups is 1. The Bertz CT molecular complexity index is 1260. The molecule has 0 amide bonds. The SMILES string of the molecule is CCCc1nnc(SCc2ccc(Cl)cc2)n1/N=C/c1ccccc1OCc1ccccc1Cl. The molecular weight excluding hydrogens is 487 g/mol. The van der Waals surface area contributed by atoms with Crippen molar-refractivity contribution in [3.05, 3.63) is 105 Å². The lowest BCUT2D eigenvalue weighted by molar-refractivity contribution is 0.306.